The van der Waals surface area contributed by atoms with E-state index in [2.05, 4.69) is 24.1 Å². The monoisotopic (exact) mass is 311 g/mol. The quantitative estimate of drug-likeness (QED) is 0.708. The lowest BCUT2D eigenvalue weighted by atomic mass is 9.78. The lowest BCUT2D eigenvalue weighted by Crippen LogP contribution is -2.53. The van der Waals surface area contributed by atoms with E-state index in [1.54, 1.807) is 0 Å². The number of nitrogens with zero attached hydrogens (tertiary/aromatic N) is 1. The number of hydrogen-bond acceptors (Lipinski definition) is 3. The van der Waals surface area contributed by atoms with Gasteiger partial charge in [0, 0.05) is 18.6 Å². The molecule has 0 saturated carbocycles. The van der Waals surface area contributed by atoms with Crippen LogP contribution < -0.4 is 11.1 Å². The first-order chi connectivity index (χ1) is 10.0. The molecule has 0 radical (unpaired) electrons. The van der Waals surface area contributed by atoms with Gasteiger partial charge in [0.05, 0.1) is 10.4 Å². The van der Waals surface area contributed by atoms with Crippen molar-refractivity contribution >= 4 is 23.1 Å². The third-order valence-corrected chi connectivity index (χ3v) is 5.57. The first-order valence-electron chi connectivity index (χ1n) is 8.40. The van der Waals surface area contributed by atoms with Crippen LogP contribution in [0.5, 0.6) is 0 Å². The van der Waals surface area contributed by atoms with Crippen molar-refractivity contribution < 1.29 is 4.79 Å². The fraction of sp³-hybridized carbons (Fsp3) is 0.875. The summed E-state index contributed by atoms with van der Waals surface area (Å²) in [7, 11) is 0. The Kier molecular flexibility index (Phi) is 5.60. The molecule has 120 valence electrons. The summed E-state index contributed by atoms with van der Waals surface area (Å²) in [4.78, 5) is 15.8. The van der Waals surface area contributed by atoms with Crippen molar-refractivity contribution in [3.05, 3.63) is 0 Å². The van der Waals surface area contributed by atoms with E-state index in [1.165, 1.54) is 19.4 Å². The number of nitrogens with one attached hydrogen (secondary N) is 1. The van der Waals surface area contributed by atoms with Crippen molar-refractivity contribution in [2.45, 2.75) is 70.9 Å². The van der Waals surface area contributed by atoms with Gasteiger partial charge in [-0.2, -0.15) is 0 Å². The minimum absolute atomic E-state index is 0.0671. The molecule has 0 aromatic carbocycles. The average molecular weight is 311 g/mol. The zero-order valence-corrected chi connectivity index (χ0v) is 14.2. The highest BCUT2D eigenvalue weighted by molar-refractivity contribution is 7.80. The molecule has 2 heterocycles. The van der Waals surface area contributed by atoms with E-state index in [9.17, 15) is 4.79 Å². The molecular formula is C16H29N3OS. The summed E-state index contributed by atoms with van der Waals surface area (Å²) >= 11 is 5.28. The number of nitrogens with two attached hydrogens (primary N) is 1. The first-order valence-corrected chi connectivity index (χ1v) is 8.81. The molecule has 3 N–H and O–H groups in total. The molecule has 2 unspecified atom stereocenters. The number of rotatable bonds is 7. The number of carbonyl (C=O) groups excluding carboxylic acids is 1. The predicted molar refractivity (Wildman–Crippen MR) is 90.2 cm³/mol. The van der Waals surface area contributed by atoms with Crippen LogP contribution in [-0.4, -0.2) is 41.0 Å². The molecule has 0 aromatic rings. The van der Waals surface area contributed by atoms with E-state index >= 15 is 0 Å². The smallest absolute Gasteiger partial charge is 0.233 e. The van der Waals surface area contributed by atoms with Crippen molar-refractivity contribution in [2.75, 3.05) is 13.1 Å². The minimum atomic E-state index is -0.648. The molecule has 5 heteroatoms. The number of thiocarbonyl (C=S) groups is 1. The fourth-order valence-corrected chi connectivity index (χ4v) is 4.42. The topological polar surface area (TPSA) is 58.4 Å². The maximum atomic E-state index is 12.9. The molecule has 0 spiro atoms. The van der Waals surface area contributed by atoms with Crippen LogP contribution in [0.25, 0.3) is 0 Å². The third kappa shape index (κ3) is 3.24. The maximum absolute atomic E-state index is 12.9. The molecule has 0 aromatic heterocycles. The lowest BCUT2D eigenvalue weighted by Gasteiger charge is -2.33. The summed E-state index contributed by atoms with van der Waals surface area (Å²) in [6.07, 6.45) is 6.86. The van der Waals surface area contributed by atoms with Crippen LogP contribution in [-0.2, 0) is 4.79 Å². The summed E-state index contributed by atoms with van der Waals surface area (Å²) in [6.45, 7) is 6.47. The Morgan fingerprint density at radius 1 is 1.29 bits per heavy atom. The summed E-state index contributed by atoms with van der Waals surface area (Å²) < 4.78 is 0. The first kappa shape index (κ1) is 16.7. The number of carbonyl (C=O) groups is 1. The van der Waals surface area contributed by atoms with Gasteiger partial charge in [0.1, 0.15) is 0 Å². The summed E-state index contributed by atoms with van der Waals surface area (Å²) in [5.74, 6) is 0.0671. The Morgan fingerprint density at radius 2 is 1.95 bits per heavy atom. The van der Waals surface area contributed by atoms with Crippen LogP contribution in [0.2, 0.25) is 0 Å². The Balaban J connectivity index is 2.09. The maximum Gasteiger partial charge on any atom is 0.233 e. The Morgan fingerprint density at radius 3 is 2.52 bits per heavy atom. The van der Waals surface area contributed by atoms with E-state index < -0.39 is 5.41 Å². The van der Waals surface area contributed by atoms with Crippen LogP contribution in [0.15, 0.2) is 0 Å². The second kappa shape index (κ2) is 7.05. The van der Waals surface area contributed by atoms with E-state index in [-0.39, 0.29) is 11.9 Å². The summed E-state index contributed by atoms with van der Waals surface area (Å²) in [5.41, 5.74) is 5.34. The normalized spacial score (nSPS) is 25.8. The second-order valence-electron chi connectivity index (χ2n) is 6.56. The van der Waals surface area contributed by atoms with Gasteiger partial charge in [-0.3, -0.25) is 9.69 Å². The molecule has 2 aliphatic rings. The Hall–Kier alpha value is -0.680. The molecular weight excluding hydrogens is 282 g/mol. The number of amides is 1. The summed E-state index contributed by atoms with van der Waals surface area (Å²) in [6, 6.07) is 0.809. The van der Waals surface area contributed by atoms with Gasteiger partial charge in [-0.25, -0.2) is 0 Å². The highest BCUT2D eigenvalue weighted by atomic mass is 32.1. The van der Waals surface area contributed by atoms with Gasteiger partial charge in [-0.05, 0) is 38.6 Å². The highest BCUT2D eigenvalue weighted by Gasteiger charge is 2.44. The van der Waals surface area contributed by atoms with Crippen LogP contribution in [0.4, 0.5) is 0 Å². The fourth-order valence-electron chi connectivity index (χ4n) is 4.12. The predicted octanol–water partition coefficient (Wildman–Crippen LogP) is 2.21. The zero-order valence-electron chi connectivity index (χ0n) is 13.4. The number of hydrogen-bond donors (Lipinski definition) is 2. The van der Waals surface area contributed by atoms with E-state index in [1.807, 2.05) is 0 Å². The molecule has 2 aliphatic heterocycles. The van der Waals surface area contributed by atoms with Crippen molar-refractivity contribution in [1.29, 1.82) is 0 Å². The van der Waals surface area contributed by atoms with Crippen molar-refractivity contribution in [3.8, 4) is 0 Å². The molecule has 2 rings (SSSR count). The standard InChI is InChI=1S/C16H29N3OS/c1-3-8-16(9-4-2,14(17)21)15(20)18-12-7-11-19-10-5-6-13(12)19/h12-13H,3-11H2,1-2H3,(H2,17,21)(H,18,20). The van der Waals surface area contributed by atoms with Gasteiger partial charge in [0.25, 0.3) is 0 Å². The summed E-state index contributed by atoms with van der Waals surface area (Å²) in [5, 5.41) is 3.29. The van der Waals surface area contributed by atoms with Gasteiger partial charge in [0.2, 0.25) is 5.91 Å². The van der Waals surface area contributed by atoms with Crippen molar-refractivity contribution in [1.82, 2.24) is 10.2 Å². The average Bonchev–Trinajstić information content (AvgIpc) is 3.03. The van der Waals surface area contributed by atoms with Gasteiger partial charge in [-0.15, -0.1) is 0 Å². The largest absolute Gasteiger partial charge is 0.392 e. The Labute approximate surface area is 133 Å². The van der Waals surface area contributed by atoms with E-state index in [0.29, 0.717) is 11.0 Å². The van der Waals surface area contributed by atoms with E-state index in [4.69, 9.17) is 18.0 Å². The van der Waals surface area contributed by atoms with Gasteiger partial charge in [-0.1, -0.05) is 38.9 Å². The Bertz CT molecular complexity index is 393. The van der Waals surface area contributed by atoms with Gasteiger partial charge in [0.15, 0.2) is 0 Å². The zero-order chi connectivity index (χ0) is 15.5. The molecule has 4 nitrogen and oxygen atoms in total. The third-order valence-electron chi connectivity index (χ3n) is 5.18. The van der Waals surface area contributed by atoms with Crippen molar-refractivity contribution in [3.63, 3.8) is 0 Å². The van der Waals surface area contributed by atoms with Gasteiger partial charge >= 0.3 is 0 Å². The molecule has 1 amide bonds. The van der Waals surface area contributed by atoms with E-state index in [0.717, 1.165) is 38.6 Å². The molecule has 2 fully saturated rings. The SMILES string of the molecule is CCCC(CCC)(C(=O)NC1CCN2CCCC12)C(N)=S. The highest BCUT2D eigenvalue weighted by Crippen LogP contribution is 2.33. The lowest BCUT2D eigenvalue weighted by molar-refractivity contribution is -0.129. The molecule has 0 aliphatic carbocycles. The molecule has 21 heavy (non-hydrogen) atoms. The molecule has 0 bridgehead atoms. The molecule has 2 saturated heterocycles. The van der Waals surface area contributed by atoms with Crippen LogP contribution in [0.1, 0.15) is 58.8 Å². The minimum Gasteiger partial charge on any atom is -0.392 e. The van der Waals surface area contributed by atoms with Gasteiger partial charge < -0.3 is 11.1 Å². The van der Waals surface area contributed by atoms with Crippen molar-refractivity contribution in [2.24, 2.45) is 11.1 Å². The second-order valence-corrected chi connectivity index (χ2v) is 7.00. The molecule has 2 atom stereocenters. The van der Waals surface area contributed by atoms with Crippen LogP contribution in [0, 0.1) is 5.41 Å². The number of fused-ring (bicyclic) bond motifs is 1. The van der Waals surface area contributed by atoms with Crippen LogP contribution in [0.3, 0.4) is 0 Å². The van der Waals surface area contributed by atoms with Crippen LogP contribution >= 0.6 is 12.2 Å².